The van der Waals surface area contributed by atoms with Crippen molar-refractivity contribution in [1.82, 2.24) is 0 Å². The highest BCUT2D eigenvalue weighted by molar-refractivity contribution is 7.92. The molecule has 0 heterocycles. The highest BCUT2D eigenvalue weighted by atomic mass is 35.5. The van der Waals surface area contributed by atoms with Gasteiger partial charge in [-0.05, 0) is 12.1 Å². The van der Waals surface area contributed by atoms with Gasteiger partial charge in [-0.25, -0.2) is 22.0 Å². The first kappa shape index (κ1) is 18.6. The summed E-state index contributed by atoms with van der Waals surface area (Å²) in [5.74, 6) is -5.13. The number of esters is 1. The normalized spacial score (nSPS) is 13.7. The van der Waals surface area contributed by atoms with Gasteiger partial charge < -0.3 is 4.74 Å². The molecule has 0 aliphatic rings. The number of rotatable bonds is 5. The minimum atomic E-state index is -5.01. The summed E-state index contributed by atoms with van der Waals surface area (Å²) in [5, 5.41) is -0.325. The highest BCUT2D eigenvalue weighted by Gasteiger charge is 2.38. The first-order valence-electron chi connectivity index (χ1n) is 5.51. The Morgan fingerprint density at radius 1 is 1.32 bits per heavy atom. The van der Waals surface area contributed by atoms with Crippen molar-refractivity contribution in [2.24, 2.45) is 0 Å². The summed E-state index contributed by atoms with van der Waals surface area (Å²) in [6.45, 7) is 0. The Labute approximate surface area is 126 Å². The number of benzene rings is 1. The van der Waals surface area contributed by atoms with E-state index in [2.05, 4.69) is 4.74 Å². The third kappa shape index (κ3) is 5.41. The van der Waals surface area contributed by atoms with Crippen LogP contribution in [0.25, 0.3) is 0 Å². The van der Waals surface area contributed by atoms with Crippen molar-refractivity contribution in [1.29, 1.82) is 0 Å². The highest BCUT2D eigenvalue weighted by Crippen LogP contribution is 2.23. The Morgan fingerprint density at radius 3 is 2.41 bits per heavy atom. The van der Waals surface area contributed by atoms with Crippen molar-refractivity contribution in [2.45, 2.75) is 18.1 Å². The molecule has 0 spiro atoms. The molecule has 0 saturated carbocycles. The van der Waals surface area contributed by atoms with Crippen LogP contribution in [0.4, 0.5) is 22.0 Å². The summed E-state index contributed by atoms with van der Waals surface area (Å²) in [7, 11) is -5.01. The lowest BCUT2D eigenvalue weighted by molar-refractivity contribution is -0.137. The molecular weight excluding hydrogens is 359 g/mol. The summed E-state index contributed by atoms with van der Waals surface area (Å²) in [6.07, 6.45) is -6.63. The molecule has 1 aromatic rings. The van der Waals surface area contributed by atoms with Gasteiger partial charge >= 0.3 is 12.1 Å². The van der Waals surface area contributed by atoms with E-state index < -0.39 is 51.2 Å². The molecule has 0 fully saturated rings. The molecule has 0 aliphatic heterocycles. The maximum atomic E-state index is 13.5. The number of carbonyl (C=O) groups is 1. The molecule has 4 nitrogen and oxygen atoms in total. The summed E-state index contributed by atoms with van der Waals surface area (Å²) in [4.78, 5) is 11.3. The summed E-state index contributed by atoms with van der Waals surface area (Å²) in [6, 6.07) is 2.51. The van der Waals surface area contributed by atoms with E-state index in [1.54, 1.807) is 0 Å². The Bertz CT molecular complexity index is 659. The molecule has 124 valence electrons. The van der Waals surface area contributed by atoms with Gasteiger partial charge in [-0.3, -0.25) is 0 Å². The van der Waals surface area contributed by atoms with Gasteiger partial charge in [-0.1, -0.05) is 11.6 Å². The van der Waals surface area contributed by atoms with Crippen LogP contribution in [0.1, 0.15) is 6.42 Å². The van der Waals surface area contributed by atoms with E-state index in [1.165, 1.54) is 0 Å². The Balaban J connectivity index is 2.77. The predicted octanol–water partition coefficient (Wildman–Crippen LogP) is 3.05. The zero-order chi connectivity index (χ0) is 17.1. The molecule has 1 unspecified atom stereocenters. The lowest BCUT2D eigenvalue weighted by atomic mass is 10.3. The van der Waals surface area contributed by atoms with E-state index in [1.807, 2.05) is 0 Å². The molecule has 0 bridgehead atoms. The van der Waals surface area contributed by atoms with E-state index >= 15 is 0 Å². The SMILES string of the molecule is O=C(Oc1ccc(Cl)c(F)c1)C(F)S(=O)(=O)CCC(F)(F)F. The number of hydrogen-bond acceptors (Lipinski definition) is 4. The molecule has 0 saturated heterocycles. The standard InChI is InChI=1S/C11H8ClF5O4S/c12-7-2-1-6(5-8(7)13)21-10(18)9(14)22(19,20)4-3-11(15,16)17/h1-2,5,9H,3-4H2. The monoisotopic (exact) mass is 366 g/mol. The predicted molar refractivity (Wildman–Crippen MR) is 66.4 cm³/mol. The zero-order valence-corrected chi connectivity index (χ0v) is 12.1. The van der Waals surface area contributed by atoms with Gasteiger partial charge in [0.1, 0.15) is 11.6 Å². The summed E-state index contributed by atoms with van der Waals surface area (Å²) in [5.41, 5.74) is -3.31. The van der Waals surface area contributed by atoms with Gasteiger partial charge in [0.15, 0.2) is 9.84 Å². The molecule has 1 atom stereocenters. The average Bonchev–Trinajstić information content (AvgIpc) is 2.39. The Morgan fingerprint density at radius 2 is 1.91 bits per heavy atom. The molecule has 1 aromatic carbocycles. The molecule has 11 heteroatoms. The minimum absolute atomic E-state index is 0.325. The lowest BCUT2D eigenvalue weighted by Crippen LogP contribution is -2.33. The summed E-state index contributed by atoms with van der Waals surface area (Å²) >= 11 is 5.34. The van der Waals surface area contributed by atoms with Crippen LogP contribution in [-0.2, 0) is 14.6 Å². The van der Waals surface area contributed by atoms with Crippen LogP contribution >= 0.6 is 11.6 Å². The van der Waals surface area contributed by atoms with Crippen LogP contribution in [0.15, 0.2) is 18.2 Å². The van der Waals surface area contributed by atoms with E-state index in [-0.39, 0.29) is 5.02 Å². The van der Waals surface area contributed by atoms with E-state index in [0.717, 1.165) is 12.1 Å². The van der Waals surface area contributed by atoms with Crippen LogP contribution < -0.4 is 4.74 Å². The van der Waals surface area contributed by atoms with E-state index in [0.29, 0.717) is 6.07 Å². The molecule has 0 amide bonds. The van der Waals surface area contributed by atoms with Crippen molar-refractivity contribution < 1.29 is 39.9 Å². The van der Waals surface area contributed by atoms with Crippen molar-refractivity contribution in [3.05, 3.63) is 29.0 Å². The molecule has 0 N–H and O–H groups in total. The fraction of sp³-hybridized carbons (Fsp3) is 0.364. The Kier molecular flexibility index (Phi) is 5.74. The second kappa shape index (κ2) is 6.78. The van der Waals surface area contributed by atoms with E-state index in [9.17, 15) is 35.2 Å². The van der Waals surface area contributed by atoms with Crippen LogP contribution in [0.5, 0.6) is 5.75 Å². The Hall–Kier alpha value is -1.42. The molecule has 0 aromatic heterocycles. The zero-order valence-electron chi connectivity index (χ0n) is 10.5. The largest absolute Gasteiger partial charge is 0.423 e. The minimum Gasteiger partial charge on any atom is -0.423 e. The third-order valence-corrected chi connectivity index (χ3v) is 4.18. The van der Waals surface area contributed by atoms with Crippen LogP contribution in [0.3, 0.4) is 0 Å². The second-order valence-electron chi connectivity index (χ2n) is 4.05. The number of alkyl halides is 4. The third-order valence-electron chi connectivity index (χ3n) is 2.28. The van der Waals surface area contributed by atoms with Gasteiger partial charge in [-0.15, -0.1) is 0 Å². The maximum Gasteiger partial charge on any atom is 0.390 e. The topological polar surface area (TPSA) is 60.4 Å². The van der Waals surface area contributed by atoms with Crippen LogP contribution in [0, 0.1) is 5.82 Å². The molecule has 1 rings (SSSR count). The lowest BCUT2D eigenvalue weighted by Gasteiger charge is -2.11. The number of hydrogen-bond donors (Lipinski definition) is 0. The van der Waals surface area contributed by atoms with E-state index in [4.69, 9.17) is 11.6 Å². The van der Waals surface area contributed by atoms with Crippen LogP contribution in [-0.4, -0.2) is 31.8 Å². The number of carbonyl (C=O) groups excluding carboxylic acids is 1. The fourth-order valence-corrected chi connectivity index (χ4v) is 2.39. The van der Waals surface area contributed by atoms with Crippen molar-refractivity contribution in [3.8, 4) is 5.75 Å². The first-order chi connectivity index (χ1) is 9.92. The van der Waals surface area contributed by atoms with Gasteiger partial charge in [0, 0.05) is 6.07 Å². The molecule has 22 heavy (non-hydrogen) atoms. The number of halogens is 6. The average molecular weight is 367 g/mol. The van der Waals surface area contributed by atoms with Crippen molar-refractivity contribution >= 4 is 27.4 Å². The van der Waals surface area contributed by atoms with Crippen molar-refractivity contribution in [2.75, 3.05) is 5.75 Å². The van der Waals surface area contributed by atoms with Gasteiger partial charge in [0.2, 0.25) is 0 Å². The number of sulfone groups is 1. The van der Waals surface area contributed by atoms with Crippen molar-refractivity contribution in [3.63, 3.8) is 0 Å². The van der Waals surface area contributed by atoms with Gasteiger partial charge in [0.25, 0.3) is 5.50 Å². The summed E-state index contributed by atoms with van der Waals surface area (Å²) < 4.78 is 89.1. The second-order valence-corrected chi connectivity index (χ2v) is 6.60. The fourth-order valence-electron chi connectivity index (χ4n) is 1.21. The molecule has 0 aliphatic carbocycles. The number of ether oxygens (including phenoxy) is 1. The molecule has 0 radical (unpaired) electrons. The maximum absolute atomic E-state index is 13.5. The van der Waals surface area contributed by atoms with Gasteiger partial charge in [0.05, 0.1) is 17.2 Å². The molecular formula is C11H8ClF5O4S. The quantitative estimate of drug-likeness (QED) is 0.456. The van der Waals surface area contributed by atoms with Crippen LogP contribution in [0.2, 0.25) is 5.02 Å². The smallest absolute Gasteiger partial charge is 0.390 e. The van der Waals surface area contributed by atoms with Gasteiger partial charge in [-0.2, -0.15) is 13.2 Å². The first-order valence-corrected chi connectivity index (χ1v) is 7.61.